The predicted octanol–water partition coefficient (Wildman–Crippen LogP) is 1.93. The molecule has 0 aromatic carbocycles. The van der Waals surface area contributed by atoms with E-state index in [1.807, 2.05) is 0 Å². The summed E-state index contributed by atoms with van der Waals surface area (Å²) in [6.45, 7) is 3.99. The number of nitrogens with zero attached hydrogens (tertiary/aromatic N) is 2. The van der Waals surface area contributed by atoms with Gasteiger partial charge >= 0.3 is 0 Å². The van der Waals surface area contributed by atoms with Gasteiger partial charge in [0.15, 0.2) is 0 Å². The molecule has 3 aliphatic heterocycles. The van der Waals surface area contributed by atoms with Crippen LogP contribution in [0.1, 0.15) is 44.9 Å². The summed E-state index contributed by atoms with van der Waals surface area (Å²) in [5.74, 6) is 1.00. The molecule has 2 unspecified atom stereocenters. The first-order chi connectivity index (χ1) is 9.20. The van der Waals surface area contributed by atoms with Gasteiger partial charge in [-0.05, 0) is 84.6 Å². The van der Waals surface area contributed by atoms with E-state index in [1.54, 1.807) is 0 Å². The normalized spacial score (nSPS) is 37.1. The smallest absolute Gasteiger partial charge is 0.0113 e. The Bertz CT molecular complexity index is 272. The lowest BCUT2D eigenvalue weighted by Gasteiger charge is -2.36. The molecule has 3 saturated heterocycles. The van der Waals surface area contributed by atoms with E-state index >= 15 is 0 Å². The molecular weight excluding hydrogens is 234 g/mol. The number of hydrogen-bond acceptors (Lipinski definition) is 3. The van der Waals surface area contributed by atoms with Crippen molar-refractivity contribution >= 4 is 0 Å². The highest BCUT2D eigenvalue weighted by molar-refractivity contribution is 4.92. The van der Waals surface area contributed by atoms with Gasteiger partial charge in [0.25, 0.3) is 0 Å². The Balaban J connectivity index is 1.37. The molecule has 19 heavy (non-hydrogen) atoms. The largest absolute Gasteiger partial charge is 0.311 e. The predicted molar refractivity (Wildman–Crippen MR) is 80.4 cm³/mol. The Morgan fingerprint density at radius 1 is 1.00 bits per heavy atom. The molecular formula is C16H31N3. The van der Waals surface area contributed by atoms with Crippen LogP contribution < -0.4 is 5.32 Å². The maximum atomic E-state index is 3.76. The van der Waals surface area contributed by atoms with Crippen molar-refractivity contribution in [2.75, 3.05) is 33.7 Å². The van der Waals surface area contributed by atoms with Crippen LogP contribution >= 0.6 is 0 Å². The van der Waals surface area contributed by atoms with Crippen LogP contribution in [0.25, 0.3) is 0 Å². The number of rotatable bonds is 4. The molecule has 0 aliphatic carbocycles. The van der Waals surface area contributed by atoms with E-state index in [2.05, 4.69) is 29.2 Å². The third-order valence-corrected chi connectivity index (χ3v) is 5.71. The van der Waals surface area contributed by atoms with E-state index in [0.29, 0.717) is 0 Å². The highest BCUT2D eigenvalue weighted by atomic mass is 15.2. The van der Waals surface area contributed by atoms with Crippen LogP contribution in [-0.4, -0.2) is 61.7 Å². The highest BCUT2D eigenvalue weighted by Crippen LogP contribution is 2.32. The van der Waals surface area contributed by atoms with E-state index < -0.39 is 0 Å². The van der Waals surface area contributed by atoms with Gasteiger partial charge in [-0.3, -0.25) is 0 Å². The van der Waals surface area contributed by atoms with Crippen molar-refractivity contribution in [3.05, 3.63) is 0 Å². The Kier molecular flexibility index (Phi) is 4.45. The number of hydrogen-bond donors (Lipinski definition) is 1. The molecule has 0 spiro atoms. The second kappa shape index (κ2) is 6.11. The summed E-state index contributed by atoms with van der Waals surface area (Å²) in [5, 5.41) is 3.76. The number of likely N-dealkylation sites (tertiary alicyclic amines) is 1. The van der Waals surface area contributed by atoms with Crippen LogP contribution in [0.5, 0.6) is 0 Å². The van der Waals surface area contributed by atoms with Crippen molar-refractivity contribution in [1.29, 1.82) is 0 Å². The average Bonchev–Trinajstić information content (AvgIpc) is 2.76. The summed E-state index contributed by atoms with van der Waals surface area (Å²) in [4.78, 5) is 5.12. The van der Waals surface area contributed by atoms with Crippen LogP contribution in [0.4, 0.5) is 0 Å². The molecule has 1 N–H and O–H groups in total. The first-order valence-corrected chi connectivity index (χ1v) is 8.35. The Labute approximate surface area is 118 Å². The molecule has 0 amide bonds. The van der Waals surface area contributed by atoms with Crippen molar-refractivity contribution < 1.29 is 0 Å². The number of nitrogens with one attached hydrogen (secondary N) is 1. The second-order valence-electron chi connectivity index (χ2n) is 7.30. The van der Waals surface area contributed by atoms with Crippen LogP contribution in [0, 0.1) is 5.92 Å². The minimum absolute atomic E-state index is 0.825. The molecule has 2 atom stereocenters. The minimum Gasteiger partial charge on any atom is -0.311 e. The molecule has 3 fully saturated rings. The summed E-state index contributed by atoms with van der Waals surface area (Å²) in [6, 6.07) is 2.55. The molecule has 3 nitrogen and oxygen atoms in total. The lowest BCUT2D eigenvalue weighted by molar-refractivity contribution is 0.134. The Morgan fingerprint density at radius 2 is 1.63 bits per heavy atom. The van der Waals surface area contributed by atoms with Crippen LogP contribution in [0.15, 0.2) is 0 Å². The fraction of sp³-hybridized carbons (Fsp3) is 1.00. The van der Waals surface area contributed by atoms with Crippen molar-refractivity contribution in [1.82, 2.24) is 15.1 Å². The molecule has 0 aromatic heterocycles. The lowest BCUT2D eigenvalue weighted by atomic mass is 9.89. The quantitative estimate of drug-likeness (QED) is 0.838. The van der Waals surface area contributed by atoms with Crippen LogP contribution in [0.3, 0.4) is 0 Å². The molecule has 110 valence electrons. The van der Waals surface area contributed by atoms with Crippen molar-refractivity contribution in [3.8, 4) is 0 Å². The maximum absolute atomic E-state index is 3.76. The fourth-order valence-corrected chi connectivity index (χ4v) is 4.44. The summed E-state index contributed by atoms with van der Waals surface area (Å²) in [7, 11) is 4.45. The summed E-state index contributed by atoms with van der Waals surface area (Å²) >= 11 is 0. The monoisotopic (exact) mass is 265 g/mol. The minimum atomic E-state index is 0.825. The maximum Gasteiger partial charge on any atom is 0.0113 e. The van der Waals surface area contributed by atoms with Gasteiger partial charge in [-0.2, -0.15) is 0 Å². The third kappa shape index (κ3) is 3.50. The van der Waals surface area contributed by atoms with Gasteiger partial charge in [0.05, 0.1) is 0 Å². The number of fused-ring (bicyclic) bond motifs is 2. The zero-order valence-corrected chi connectivity index (χ0v) is 12.8. The molecule has 3 rings (SSSR count). The van der Waals surface area contributed by atoms with Crippen molar-refractivity contribution in [2.45, 2.75) is 63.1 Å². The molecule has 3 aliphatic rings. The van der Waals surface area contributed by atoms with Gasteiger partial charge in [0.2, 0.25) is 0 Å². The van der Waals surface area contributed by atoms with Crippen molar-refractivity contribution in [3.63, 3.8) is 0 Å². The SMILES string of the molecule is CN(C)C1CCN(CCC2CC3CCC(C2)N3)CC1. The van der Waals surface area contributed by atoms with Crippen LogP contribution in [-0.2, 0) is 0 Å². The third-order valence-electron chi connectivity index (χ3n) is 5.71. The van der Waals surface area contributed by atoms with E-state index in [9.17, 15) is 0 Å². The topological polar surface area (TPSA) is 18.5 Å². The first-order valence-electron chi connectivity index (χ1n) is 8.35. The number of piperidine rings is 2. The van der Waals surface area contributed by atoms with E-state index in [4.69, 9.17) is 0 Å². The summed E-state index contributed by atoms with van der Waals surface area (Å²) in [6.07, 6.45) is 9.95. The summed E-state index contributed by atoms with van der Waals surface area (Å²) < 4.78 is 0. The zero-order valence-electron chi connectivity index (χ0n) is 12.8. The molecule has 2 bridgehead atoms. The van der Waals surface area contributed by atoms with Gasteiger partial charge in [0.1, 0.15) is 0 Å². The van der Waals surface area contributed by atoms with E-state index in [1.165, 1.54) is 64.6 Å². The molecule has 3 heteroatoms. The van der Waals surface area contributed by atoms with E-state index in [-0.39, 0.29) is 0 Å². The van der Waals surface area contributed by atoms with Gasteiger partial charge in [-0.25, -0.2) is 0 Å². The Morgan fingerprint density at radius 3 is 2.21 bits per heavy atom. The second-order valence-corrected chi connectivity index (χ2v) is 7.30. The van der Waals surface area contributed by atoms with Gasteiger partial charge in [0, 0.05) is 18.1 Å². The van der Waals surface area contributed by atoms with Crippen molar-refractivity contribution in [2.24, 2.45) is 5.92 Å². The standard InChI is InChI=1S/C16H31N3/c1-18(2)16-6-9-19(10-7-16)8-5-13-11-14-3-4-15(12-13)17-14/h13-17H,3-12H2,1-2H3. The summed E-state index contributed by atoms with van der Waals surface area (Å²) in [5.41, 5.74) is 0. The van der Waals surface area contributed by atoms with Gasteiger partial charge in [-0.15, -0.1) is 0 Å². The van der Waals surface area contributed by atoms with Crippen LogP contribution in [0.2, 0.25) is 0 Å². The Hall–Kier alpha value is -0.120. The highest BCUT2D eigenvalue weighted by Gasteiger charge is 2.33. The van der Waals surface area contributed by atoms with Gasteiger partial charge in [-0.1, -0.05) is 0 Å². The zero-order chi connectivity index (χ0) is 13.2. The lowest BCUT2D eigenvalue weighted by Crippen LogP contribution is -2.43. The first kappa shape index (κ1) is 13.8. The molecule has 0 aromatic rings. The molecule has 0 radical (unpaired) electrons. The van der Waals surface area contributed by atoms with E-state index in [0.717, 1.165) is 24.0 Å². The molecule has 0 saturated carbocycles. The van der Waals surface area contributed by atoms with Gasteiger partial charge < -0.3 is 15.1 Å². The average molecular weight is 265 g/mol. The molecule has 3 heterocycles. The fourth-order valence-electron chi connectivity index (χ4n) is 4.44.